The third-order valence-corrected chi connectivity index (χ3v) is 3.80. The molecule has 6 heteroatoms. The average molecular weight is 299 g/mol. The summed E-state index contributed by atoms with van der Waals surface area (Å²) in [5.74, 6) is -1.56. The monoisotopic (exact) mass is 299 g/mol. The largest absolute Gasteiger partial charge is 0.481 e. The standard InChI is InChI=1S/C15H29N3O3/c1-16(2)7-5-9-18(10-6-8-17(3)4)14(19)12-11-13(12)15(20)21/h12-13H,5-11H2,1-4H3,(H,20,21). The lowest BCUT2D eigenvalue weighted by molar-refractivity contribution is -0.142. The summed E-state index contributed by atoms with van der Waals surface area (Å²) in [6.45, 7) is 3.30. The first kappa shape index (κ1) is 17.9. The Kier molecular flexibility index (Phi) is 7.11. The molecule has 0 bridgehead atoms. The maximum Gasteiger partial charge on any atom is 0.307 e. The second-order valence-corrected chi connectivity index (χ2v) is 6.43. The summed E-state index contributed by atoms with van der Waals surface area (Å²) < 4.78 is 0. The van der Waals surface area contributed by atoms with Gasteiger partial charge < -0.3 is 19.8 Å². The fourth-order valence-corrected chi connectivity index (χ4v) is 2.46. The van der Waals surface area contributed by atoms with Crippen LogP contribution in [0.1, 0.15) is 19.3 Å². The Balaban J connectivity index is 2.46. The molecule has 1 N–H and O–H groups in total. The van der Waals surface area contributed by atoms with Gasteiger partial charge in [-0.15, -0.1) is 0 Å². The van der Waals surface area contributed by atoms with Crippen molar-refractivity contribution in [3.8, 4) is 0 Å². The van der Waals surface area contributed by atoms with Gasteiger partial charge in [-0.3, -0.25) is 9.59 Å². The van der Waals surface area contributed by atoms with Crippen LogP contribution < -0.4 is 0 Å². The Morgan fingerprint density at radius 1 is 0.905 bits per heavy atom. The van der Waals surface area contributed by atoms with Crippen LogP contribution in [-0.4, -0.2) is 86.1 Å². The molecule has 2 unspecified atom stereocenters. The summed E-state index contributed by atoms with van der Waals surface area (Å²) in [5.41, 5.74) is 0. The molecule has 1 aliphatic carbocycles. The Morgan fingerprint density at radius 3 is 1.71 bits per heavy atom. The molecule has 0 saturated heterocycles. The van der Waals surface area contributed by atoms with Crippen LogP contribution in [0.4, 0.5) is 0 Å². The summed E-state index contributed by atoms with van der Waals surface area (Å²) in [6, 6.07) is 0. The number of rotatable bonds is 10. The van der Waals surface area contributed by atoms with E-state index in [-0.39, 0.29) is 11.8 Å². The molecule has 6 nitrogen and oxygen atoms in total. The topological polar surface area (TPSA) is 64.1 Å². The number of nitrogens with zero attached hydrogens (tertiary/aromatic N) is 3. The molecule has 21 heavy (non-hydrogen) atoms. The number of carbonyl (C=O) groups excluding carboxylic acids is 1. The van der Waals surface area contributed by atoms with Crippen LogP contribution in [0.25, 0.3) is 0 Å². The van der Waals surface area contributed by atoms with Crippen LogP contribution in [0.15, 0.2) is 0 Å². The van der Waals surface area contributed by atoms with Gasteiger partial charge in [0.15, 0.2) is 0 Å². The van der Waals surface area contributed by atoms with Crippen molar-refractivity contribution in [2.45, 2.75) is 19.3 Å². The smallest absolute Gasteiger partial charge is 0.307 e. The molecule has 0 aromatic carbocycles. The Morgan fingerprint density at radius 2 is 1.38 bits per heavy atom. The molecule has 1 saturated carbocycles. The van der Waals surface area contributed by atoms with Gasteiger partial charge >= 0.3 is 5.97 Å². The van der Waals surface area contributed by atoms with E-state index < -0.39 is 11.9 Å². The van der Waals surface area contributed by atoms with Crippen LogP contribution in [0.3, 0.4) is 0 Å². The highest BCUT2D eigenvalue weighted by atomic mass is 16.4. The minimum absolute atomic E-state index is 0.0277. The molecule has 0 spiro atoms. The van der Waals surface area contributed by atoms with Crippen LogP contribution >= 0.6 is 0 Å². The van der Waals surface area contributed by atoms with Crippen molar-refractivity contribution in [1.29, 1.82) is 0 Å². The second kappa shape index (κ2) is 8.34. The highest BCUT2D eigenvalue weighted by molar-refractivity contribution is 5.89. The molecule has 2 atom stereocenters. The molecular formula is C15H29N3O3. The minimum atomic E-state index is -0.838. The fraction of sp³-hybridized carbons (Fsp3) is 0.867. The highest BCUT2D eigenvalue weighted by Crippen LogP contribution is 2.40. The normalized spacial score (nSPS) is 20.9. The number of carbonyl (C=O) groups is 2. The molecule has 1 rings (SSSR count). The van der Waals surface area contributed by atoms with Gasteiger partial charge in [-0.2, -0.15) is 0 Å². The van der Waals surface area contributed by atoms with E-state index in [1.807, 2.05) is 33.1 Å². The Hall–Kier alpha value is -1.14. The first-order valence-electron chi connectivity index (χ1n) is 7.64. The lowest BCUT2D eigenvalue weighted by Gasteiger charge is -2.24. The number of hydrogen-bond acceptors (Lipinski definition) is 4. The maximum absolute atomic E-state index is 12.4. The van der Waals surface area contributed by atoms with Gasteiger partial charge in [0, 0.05) is 13.1 Å². The molecule has 1 fully saturated rings. The van der Waals surface area contributed by atoms with Crippen LogP contribution in [0, 0.1) is 11.8 Å². The number of amides is 1. The van der Waals surface area contributed by atoms with Crippen LogP contribution in [0.2, 0.25) is 0 Å². The minimum Gasteiger partial charge on any atom is -0.481 e. The van der Waals surface area contributed by atoms with Gasteiger partial charge in [0.05, 0.1) is 11.8 Å². The number of carboxylic acid groups (broad SMARTS) is 1. The predicted octanol–water partition coefficient (Wildman–Crippen LogP) is 0.439. The lowest BCUT2D eigenvalue weighted by atomic mass is 10.2. The summed E-state index contributed by atoms with van der Waals surface area (Å²) in [6.07, 6.45) is 2.35. The van der Waals surface area contributed by atoms with Crippen LogP contribution in [0.5, 0.6) is 0 Å². The zero-order chi connectivity index (χ0) is 16.0. The average Bonchev–Trinajstić information content (AvgIpc) is 3.15. The van der Waals surface area contributed by atoms with Gasteiger partial charge in [0.2, 0.25) is 5.91 Å². The van der Waals surface area contributed by atoms with E-state index in [1.165, 1.54) is 0 Å². The fourth-order valence-electron chi connectivity index (χ4n) is 2.46. The van der Waals surface area contributed by atoms with Gasteiger partial charge in [-0.25, -0.2) is 0 Å². The molecular weight excluding hydrogens is 270 g/mol. The summed E-state index contributed by atoms with van der Waals surface area (Å²) in [5, 5.41) is 8.97. The van der Waals surface area contributed by atoms with Gasteiger partial charge in [0.1, 0.15) is 0 Å². The lowest BCUT2D eigenvalue weighted by Crippen LogP contribution is -2.37. The first-order valence-corrected chi connectivity index (χ1v) is 7.64. The highest BCUT2D eigenvalue weighted by Gasteiger charge is 2.49. The van der Waals surface area contributed by atoms with Gasteiger partial charge in [-0.1, -0.05) is 0 Å². The first-order chi connectivity index (χ1) is 9.82. The van der Waals surface area contributed by atoms with Crippen molar-refractivity contribution < 1.29 is 14.7 Å². The Bertz CT molecular complexity index is 344. The summed E-state index contributed by atoms with van der Waals surface area (Å²) in [4.78, 5) is 29.4. The molecule has 0 aromatic heterocycles. The van der Waals surface area contributed by atoms with Crippen molar-refractivity contribution in [3.63, 3.8) is 0 Å². The van der Waals surface area contributed by atoms with Crippen molar-refractivity contribution in [2.75, 3.05) is 54.4 Å². The maximum atomic E-state index is 12.4. The number of carboxylic acids is 1. The second-order valence-electron chi connectivity index (χ2n) is 6.43. The van der Waals surface area contributed by atoms with E-state index >= 15 is 0 Å². The van der Waals surface area contributed by atoms with E-state index in [0.717, 1.165) is 25.9 Å². The van der Waals surface area contributed by atoms with E-state index in [9.17, 15) is 9.59 Å². The SMILES string of the molecule is CN(C)CCCN(CCCN(C)C)C(=O)C1CC1C(=O)O. The third kappa shape index (κ3) is 6.44. The zero-order valence-electron chi connectivity index (χ0n) is 13.7. The van der Waals surface area contributed by atoms with Crippen LogP contribution in [-0.2, 0) is 9.59 Å². The molecule has 0 radical (unpaired) electrons. The predicted molar refractivity (Wildman–Crippen MR) is 82.2 cm³/mol. The quantitative estimate of drug-likeness (QED) is 0.634. The van der Waals surface area contributed by atoms with Crippen molar-refractivity contribution >= 4 is 11.9 Å². The van der Waals surface area contributed by atoms with Gasteiger partial charge in [-0.05, 0) is 60.5 Å². The molecule has 0 aliphatic heterocycles. The molecule has 1 amide bonds. The van der Waals surface area contributed by atoms with Crippen molar-refractivity contribution in [1.82, 2.24) is 14.7 Å². The van der Waals surface area contributed by atoms with E-state index in [2.05, 4.69) is 9.80 Å². The molecule has 0 heterocycles. The Labute approximate surface area is 127 Å². The number of hydrogen-bond donors (Lipinski definition) is 1. The van der Waals surface area contributed by atoms with E-state index in [1.54, 1.807) is 0 Å². The zero-order valence-corrected chi connectivity index (χ0v) is 13.7. The molecule has 122 valence electrons. The van der Waals surface area contributed by atoms with Gasteiger partial charge in [0.25, 0.3) is 0 Å². The molecule has 1 aliphatic rings. The summed E-state index contributed by atoms with van der Waals surface area (Å²) >= 11 is 0. The van der Waals surface area contributed by atoms with E-state index in [0.29, 0.717) is 19.5 Å². The number of aliphatic carboxylic acids is 1. The van der Waals surface area contributed by atoms with E-state index in [4.69, 9.17) is 5.11 Å². The third-order valence-electron chi connectivity index (χ3n) is 3.80. The molecule has 0 aromatic rings. The van der Waals surface area contributed by atoms with Crippen molar-refractivity contribution in [3.05, 3.63) is 0 Å². The van der Waals surface area contributed by atoms with Crippen molar-refractivity contribution in [2.24, 2.45) is 11.8 Å². The summed E-state index contributed by atoms with van der Waals surface area (Å²) in [7, 11) is 8.05.